The Morgan fingerprint density at radius 3 is 2.55 bits per heavy atom. The molecule has 6 heteroatoms. The van der Waals surface area contributed by atoms with E-state index >= 15 is 0 Å². The van der Waals surface area contributed by atoms with Crippen LogP contribution in [0.5, 0.6) is 0 Å². The van der Waals surface area contributed by atoms with E-state index in [1.54, 1.807) is 30.1 Å². The topological polar surface area (TPSA) is 53.2 Å². The van der Waals surface area contributed by atoms with E-state index in [1.165, 1.54) is 11.8 Å². The summed E-state index contributed by atoms with van der Waals surface area (Å²) in [7, 11) is 0. The molecule has 0 fully saturated rings. The molecule has 20 heavy (non-hydrogen) atoms. The van der Waals surface area contributed by atoms with Crippen LogP contribution in [0.2, 0.25) is 0 Å². The van der Waals surface area contributed by atoms with Crippen molar-refractivity contribution >= 4 is 39.8 Å². The van der Waals surface area contributed by atoms with Gasteiger partial charge in [0, 0.05) is 12.1 Å². The third-order valence-corrected chi connectivity index (χ3v) is 3.76. The normalized spacial score (nSPS) is 11.8. The second-order valence-corrected chi connectivity index (χ2v) is 5.51. The SMILES string of the molecule is CCOC(=O)C/C([O-])=C(\C(=S)SC)[n+]1ccc(C)cc1. The Hall–Kier alpha value is -1.40. The van der Waals surface area contributed by atoms with Crippen molar-refractivity contribution in [2.75, 3.05) is 12.9 Å². The van der Waals surface area contributed by atoms with Gasteiger partial charge in [-0.05, 0) is 31.4 Å². The number of nitrogens with zero attached hydrogens (tertiary/aromatic N) is 1. The van der Waals surface area contributed by atoms with Gasteiger partial charge in [0.25, 0.3) is 0 Å². The summed E-state index contributed by atoms with van der Waals surface area (Å²) in [6.07, 6.45) is 5.02. The molecule has 1 rings (SSSR count). The third-order valence-electron chi connectivity index (χ3n) is 2.51. The number of ether oxygens (including phenoxy) is 1. The predicted molar refractivity (Wildman–Crippen MR) is 82.0 cm³/mol. The zero-order valence-corrected chi connectivity index (χ0v) is 13.3. The number of rotatable bonds is 5. The maximum Gasteiger partial charge on any atom is 0.309 e. The van der Waals surface area contributed by atoms with Crippen LogP contribution < -0.4 is 9.67 Å². The third kappa shape index (κ3) is 4.61. The minimum absolute atomic E-state index is 0.256. The first kappa shape index (κ1) is 16.7. The molecule has 0 N–H and O–H groups in total. The highest BCUT2D eigenvalue weighted by atomic mass is 32.2. The van der Waals surface area contributed by atoms with E-state index in [0.717, 1.165) is 5.56 Å². The second kappa shape index (κ2) is 8.01. The summed E-state index contributed by atoms with van der Waals surface area (Å²) >= 11 is 6.52. The van der Waals surface area contributed by atoms with Crippen molar-refractivity contribution in [1.82, 2.24) is 0 Å². The van der Waals surface area contributed by atoms with Crippen LogP contribution in [0, 0.1) is 6.92 Å². The highest BCUT2D eigenvalue weighted by Crippen LogP contribution is 2.14. The Bertz CT molecular complexity index is 524. The lowest BCUT2D eigenvalue weighted by Gasteiger charge is -2.14. The molecular weight excluding hydrogens is 294 g/mol. The molecule has 0 aromatic carbocycles. The van der Waals surface area contributed by atoms with Gasteiger partial charge < -0.3 is 9.84 Å². The summed E-state index contributed by atoms with van der Waals surface area (Å²) in [4.78, 5) is 11.4. The number of aromatic nitrogens is 1. The lowest BCUT2D eigenvalue weighted by Crippen LogP contribution is -2.38. The van der Waals surface area contributed by atoms with Gasteiger partial charge in [0.2, 0.25) is 5.70 Å². The molecule has 1 aromatic heterocycles. The van der Waals surface area contributed by atoms with Crippen molar-refractivity contribution in [2.24, 2.45) is 0 Å². The number of hydrogen-bond donors (Lipinski definition) is 0. The van der Waals surface area contributed by atoms with Crippen LogP contribution in [-0.4, -0.2) is 23.0 Å². The molecule has 0 atom stereocenters. The Morgan fingerprint density at radius 2 is 2.05 bits per heavy atom. The van der Waals surface area contributed by atoms with Crippen molar-refractivity contribution < 1.29 is 19.2 Å². The van der Waals surface area contributed by atoms with Crippen molar-refractivity contribution in [3.63, 3.8) is 0 Å². The predicted octanol–water partition coefficient (Wildman–Crippen LogP) is 1.46. The van der Waals surface area contributed by atoms with Gasteiger partial charge in [0.15, 0.2) is 12.4 Å². The van der Waals surface area contributed by atoms with Gasteiger partial charge in [-0.25, -0.2) is 0 Å². The maximum absolute atomic E-state index is 12.3. The van der Waals surface area contributed by atoms with E-state index in [1.807, 2.05) is 19.1 Å². The molecule has 1 heterocycles. The molecule has 0 amide bonds. The number of hydrogen-bond acceptors (Lipinski definition) is 5. The largest absolute Gasteiger partial charge is 0.871 e. The summed E-state index contributed by atoms with van der Waals surface area (Å²) in [5.41, 5.74) is 1.41. The highest BCUT2D eigenvalue weighted by Gasteiger charge is 2.18. The number of esters is 1. The van der Waals surface area contributed by atoms with Crippen LogP contribution in [-0.2, 0) is 9.53 Å². The lowest BCUT2D eigenvalue weighted by molar-refractivity contribution is -0.580. The minimum atomic E-state index is -0.536. The average molecular weight is 311 g/mol. The number of thioether (sulfide) groups is 1. The number of carbonyl (C=O) groups excluding carboxylic acids is 1. The minimum Gasteiger partial charge on any atom is -0.871 e. The van der Waals surface area contributed by atoms with Crippen LogP contribution in [0.3, 0.4) is 0 Å². The quantitative estimate of drug-likeness (QED) is 0.271. The van der Waals surface area contributed by atoms with Crippen molar-refractivity contribution in [3.8, 4) is 0 Å². The summed E-state index contributed by atoms with van der Waals surface area (Å²) < 4.78 is 6.90. The molecule has 1 aromatic rings. The van der Waals surface area contributed by atoms with Gasteiger partial charge in [0.1, 0.15) is 4.20 Å². The Kier molecular flexibility index (Phi) is 6.67. The summed E-state index contributed by atoms with van der Waals surface area (Å²) in [6.45, 7) is 3.91. The van der Waals surface area contributed by atoms with E-state index in [9.17, 15) is 9.90 Å². The summed E-state index contributed by atoms with van der Waals surface area (Å²) in [5, 5.41) is 12.3. The van der Waals surface area contributed by atoms with Crippen molar-refractivity contribution in [3.05, 3.63) is 35.8 Å². The molecule has 0 radical (unpaired) electrons. The van der Waals surface area contributed by atoms with Crippen molar-refractivity contribution in [1.29, 1.82) is 0 Å². The first-order valence-corrected chi connectivity index (χ1v) is 7.75. The van der Waals surface area contributed by atoms with Crippen molar-refractivity contribution in [2.45, 2.75) is 20.3 Å². The molecule has 0 aliphatic rings. The van der Waals surface area contributed by atoms with Gasteiger partial charge >= 0.3 is 5.97 Å². The molecule has 0 aliphatic heterocycles. The Labute approximate surface area is 128 Å². The van der Waals surface area contributed by atoms with Crippen LogP contribution in [0.4, 0.5) is 0 Å². The van der Waals surface area contributed by atoms with Crippen LogP contribution in [0.1, 0.15) is 18.9 Å². The average Bonchev–Trinajstić information content (AvgIpc) is 2.41. The van der Waals surface area contributed by atoms with Crippen LogP contribution in [0.15, 0.2) is 30.3 Å². The zero-order valence-electron chi connectivity index (χ0n) is 11.7. The fraction of sp³-hybridized carbons (Fsp3) is 0.357. The van der Waals surface area contributed by atoms with E-state index in [0.29, 0.717) is 9.89 Å². The smallest absolute Gasteiger partial charge is 0.309 e. The molecule has 108 valence electrons. The first-order chi connectivity index (χ1) is 9.49. The first-order valence-electron chi connectivity index (χ1n) is 6.12. The number of carbonyl (C=O) groups is 1. The van der Waals surface area contributed by atoms with Gasteiger partial charge in [-0.2, -0.15) is 4.57 Å². The van der Waals surface area contributed by atoms with E-state index in [-0.39, 0.29) is 18.8 Å². The van der Waals surface area contributed by atoms with E-state index in [2.05, 4.69) is 0 Å². The molecule has 0 bridgehead atoms. The zero-order chi connectivity index (χ0) is 15.1. The fourth-order valence-corrected chi connectivity index (χ4v) is 2.17. The molecular formula is C14H17NO3S2. The fourth-order valence-electron chi connectivity index (χ4n) is 1.54. The van der Waals surface area contributed by atoms with Gasteiger partial charge in [-0.3, -0.25) is 4.79 Å². The highest BCUT2D eigenvalue weighted by molar-refractivity contribution is 8.23. The molecule has 0 aliphatic carbocycles. The second-order valence-electron chi connectivity index (χ2n) is 4.03. The number of thiocarbonyl (C=S) groups is 1. The van der Waals surface area contributed by atoms with Gasteiger partial charge in [-0.1, -0.05) is 12.2 Å². The molecule has 4 nitrogen and oxygen atoms in total. The molecule has 0 spiro atoms. The van der Waals surface area contributed by atoms with Crippen LogP contribution >= 0.6 is 24.0 Å². The Balaban J connectivity index is 3.14. The van der Waals surface area contributed by atoms with Crippen LogP contribution in [0.25, 0.3) is 5.70 Å². The summed E-state index contributed by atoms with van der Waals surface area (Å²) in [5.74, 6) is -0.872. The molecule has 0 unspecified atom stereocenters. The standard InChI is InChI=1S/C14H17NO3S2/c1-4-18-12(17)9-11(16)13(14(19)20-3)15-7-5-10(2)6-8-15/h5-8H,4,9H2,1-3H3. The molecule has 0 saturated carbocycles. The molecule has 0 saturated heterocycles. The van der Waals surface area contributed by atoms with Gasteiger partial charge in [-0.15, -0.1) is 11.8 Å². The van der Waals surface area contributed by atoms with E-state index in [4.69, 9.17) is 17.0 Å². The Morgan fingerprint density at radius 1 is 1.45 bits per heavy atom. The number of aryl methyl sites for hydroxylation is 1. The monoisotopic (exact) mass is 311 g/mol. The van der Waals surface area contributed by atoms with E-state index < -0.39 is 5.97 Å². The maximum atomic E-state index is 12.3. The van der Waals surface area contributed by atoms with Gasteiger partial charge in [0.05, 0.1) is 13.0 Å². The lowest BCUT2D eigenvalue weighted by atomic mass is 10.2. The number of pyridine rings is 1. The summed E-state index contributed by atoms with van der Waals surface area (Å²) in [6, 6.07) is 3.75.